The van der Waals surface area contributed by atoms with E-state index in [1.165, 1.54) is 40.0 Å². The van der Waals surface area contributed by atoms with Crippen LogP contribution in [0.15, 0.2) is 78.9 Å². The van der Waals surface area contributed by atoms with Crippen molar-refractivity contribution < 1.29 is 0 Å². The Morgan fingerprint density at radius 2 is 1.35 bits per heavy atom. The van der Waals surface area contributed by atoms with Crippen molar-refractivity contribution in [1.82, 2.24) is 0 Å². The van der Waals surface area contributed by atoms with Crippen LogP contribution in [0.3, 0.4) is 0 Å². The molecule has 0 spiro atoms. The number of rotatable bonds is 3. The molecule has 2 heteroatoms. The van der Waals surface area contributed by atoms with Gasteiger partial charge in [0.2, 0.25) is 0 Å². The summed E-state index contributed by atoms with van der Waals surface area (Å²) < 4.78 is 0. The molecule has 0 atom stereocenters. The molecular formula is C21H20NP. The second kappa shape index (κ2) is 6.56. The van der Waals surface area contributed by atoms with E-state index >= 15 is 0 Å². The fourth-order valence-electron chi connectivity index (χ4n) is 3.26. The molecule has 0 radical (unpaired) electrons. The molecule has 1 heterocycles. The maximum absolute atomic E-state index is 3.67. The minimum absolute atomic E-state index is 0.523. The monoisotopic (exact) mass is 317 g/mol. The van der Waals surface area contributed by atoms with Crippen LogP contribution < -0.4 is 21.2 Å². The summed E-state index contributed by atoms with van der Waals surface area (Å²) in [6, 6.07) is 28.7. The quantitative estimate of drug-likeness (QED) is 0.725. The maximum atomic E-state index is 3.67. The van der Waals surface area contributed by atoms with Crippen LogP contribution in [0.1, 0.15) is 12.0 Å². The first-order chi connectivity index (χ1) is 11.4. The first-order valence-corrected chi connectivity index (χ1v) is 9.53. The van der Waals surface area contributed by atoms with Crippen LogP contribution in [-0.2, 0) is 6.42 Å². The smallest absolute Gasteiger partial charge is 0.0457 e. The summed E-state index contributed by atoms with van der Waals surface area (Å²) in [6.45, 7) is 1.08. The Kier molecular flexibility index (Phi) is 4.13. The van der Waals surface area contributed by atoms with Crippen LogP contribution in [-0.4, -0.2) is 6.54 Å². The normalized spacial score (nSPS) is 13.4. The number of nitrogens with one attached hydrogen (secondary N) is 1. The highest BCUT2D eigenvalue weighted by Gasteiger charge is 2.22. The highest BCUT2D eigenvalue weighted by atomic mass is 31.1. The highest BCUT2D eigenvalue weighted by Crippen LogP contribution is 2.37. The van der Waals surface area contributed by atoms with Crippen molar-refractivity contribution in [2.75, 3.05) is 11.9 Å². The van der Waals surface area contributed by atoms with Crippen molar-refractivity contribution in [2.24, 2.45) is 0 Å². The van der Waals surface area contributed by atoms with Gasteiger partial charge in [-0.05, 0) is 36.9 Å². The van der Waals surface area contributed by atoms with Gasteiger partial charge in [-0.25, -0.2) is 0 Å². The maximum Gasteiger partial charge on any atom is 0.0457 e. The van der Waals surface area contributed by atoms with Crippen molar-refractivity contribution >= 4 is 29.5 Å². The lowest BCUT2D eigenvalue weighted by Crippen LogP contribution is -2.26. The van der Waals surface area contributed by atoms with Crippen LogP contribution in [0.2, 0.25) is 0 Å². The van der Waals surface area contributed by atoms with E-state index < -0.39 is 7.92 Å². The van der Waals surface area contributed by atoms with Gasteiger partial charge in [0.05, 0.1) is 0 Å². The number of aryl methyl sites for hydroxylation is 1. The molecule has 0 fully saturated rings. The zero-order chi connectivity index (χ0) is 15.5. The number of anilines is 1. The number of para-hydroxylation sites is 1. The molecule has 0 unspecified atom stereocenters. The van der Waals surface area contributed by atoms with Crippen LogP contribution in [0.4, 0.5) is 5.69 Å². The molecule has 114 valence electrons. The summed E-state index contributed by atoms with van der Waals surface area (Å²) in [4.78, 5) is 0. The van der Waals surface area contributed by atoms with Gasteiger partial charge in [0, 0.05) is 17.5 Å². The summed E-state index contributed by atoms with van der Waals surface area (Å²) >= 11 is 0. The number of hydrogen-bond acceptors (Lipinski definition) is 1. The van der Waals surface area contributed by atoms with E-state index in [1.54, 1.807) is 0 Å². The second-order valence-electron chi connectivity index (χ2n) is 5.85. The summed E-state index contributed by atoms with van der Waals surface area (Å²) in [5.41, 5.74) is 2.84. The summed E-state index contributed by atoms with van der Waals surface area (Å²) in [6.07, 6.45) is 2.41. The molecule has 1 N–H and O–H groups in total. The van der Waals surface area contributed by atoms with Crippen LogP contribution in [0, 0.1) is 0 Å². The average Bonchev–Trinajstić information content (AvgIpc) is 2.64. The summed E-state index contributed by atoms with van der Waals surface area (Å²) in [7, 11) is -0.523. The summed E-state index contributed by atoms with van der Waals surface area (Å²) in [5, 5.41) is 7.94. The first kappa shape index (κ1) is 14.5. The minimum atomic E-state index is -0.523. The molecule has 3 aromatic carbocycles. The average molecular weight is 317 g/mol. The lowest BCUT2D eigenvalue weighted by Gasteiger charge is -2.27. The Morgan fingerprint density at radius 1 is 0.696 bits per heavy atom. The van der Waals surface area contributed by atoms with E-state index in [9.17, 15) is 0 Å². The SMILES string of the molecule is c1ccc(P(c2ccccc2)c2cccc3c2NCCC3)cc1. The van der Waals surface area contributed by atoms with Crippen LogP contribution >= 0.6 is 7.92 Å². The molecule has 0 bridgehead atoms. The molecule has 1 aliphatic heterocycles. The fraction of sp³-hybridized carbons (Fsp3) is 0.143. The van der Waals surface area contributed by atoms with Gasteiger partial charge in [-0.1, -0.05) is 78.9 Å². The Bertz CT molecular complexity index is 744. The molecule has 23 heavy (non-hydrogen) atoms. The third-order valence-corrected chi connectivity index (χ3v) is 6.81. The van der Waals surface area contributed by atoms with Gasteiger partial charge >= 0.3 is 0 Å². The van der Waals surface area contributed by atoms with Crippen molar-refractivity contribution in [3.8, 4) is 0 Å². The molecule has 0 amide bonds. The fourth-order valence-corrected chi connectivity index (χ4v) is 5.74. The molecule has 1 nitrogen and oxygen atoms in total. The second-order valence-corrected chi connectivity index (χ2v) is 8.03. The third-order valence-electron chi connectivity index (χ3n) is 4.32. The van der Waals surface area contributed by atoms with Crippen molar-refractivity contribution in [2.45, 2.75) is 12.8 Å². The van der Waals surface area contributed by atoms with E-state index in [0.717, 1.165) is 6.54 Å². The zero-order valence-corrected chi connectivity index (χ0v) is 14.0. The lowest BCUT2D eigenvalue weighted by molar-refractivity contribution is 0.832. The Hall–Kier alpha value is -2.11. The lowest BCUT2D eigenvalue weighted by atomic mass is 10.0. The molecule has 0 saturated heterocycles. The predicted octanol–water partition coefficient (Wildman–Crippen LogP) is 3.80. The van der Waals surface area contributed by atoms with Crippen LogP contribution in [0.25, 0.3) is 0 Å². The number of benzene rings is 3. The molecular weight excluding hydrogens is 297 g/mol. The number of fused-ring (bicyclic) bond motifs is 1. The topological polar surface area (TPSA) is 12.0 Å². The van der Waals surface area contributed by atoms with E-state index in [-0.39, 0.29) is 0 Å². The Labute approximate surface area is 139 Å². The van der Waals surface area contributed by atoms with Gasteiger partial charge in [-0.3, -0.25) is 0 Å². The van der Waals surface area contributed by atoms with E-state index in [4.69, 9.17) is 0 Å². The zero-order valence-electron chi connectivity index (χ0n) is 13.1. The van der Waals surface area contributed by atoms with E-state index in [1.807, 2.05) is 0 Å². The van der Waals surface area contributed by atoms with E-state index in [0.29, 0.717) is 0 Å². The number of hydrogen-bond donors (Lipinski definition) is 1. The van der Waals surface area contributed by atoms with Crippen molar-refractivity contribution in [3.05, 3.63) is 84.4 Å². The van der Waals surface area contributed by atoms with Crippen molar-refractivity contribution in [1.29, 1.82) is 0 Å². The van der Waals surface area contributed by atoms with Gasteiger partial charge in [-0.2, -0.15) is 0 Å². The van der Waals surface area contributed by atoms with Gasteiger partial charge in [0.1, 0.15) is 0 Å². The predicted molar refractivity (Wildman–Crippen MR) is 102 cm³/mol. The first-order valence-electron chi connectivity index (χ1n) is 8.19. The van der Waals surface area contributed by atoms with E-state index in [2.05, 4.69) is 84.2 Å². The Balaban J connectivity index is 1.90. The van der Waals surface area contributed by atoms with Crippen molar-refractivity contribution in [3.63, 3.8) is 0 Å². The Morgan fingerprint density at radius 3 is 2.00 bits per heavy atom. The molecule has 4 rings (SSSR count). The molecule has 3 aromatic rings. The van der Waals surface area contributed by atoms with Gasteiger partial charge in [0.25, 0.3) is 0 Å². The molecule has 0 aliphatic carbocycles. The minimum Gasteiger partial charge on any atom is -0.384 e. The largest absolute Gasteiger partial charge is 0.384 e. The molecule has 0 aromatic heterocycles. The van der Waals surface area contributed by atoms with Gasteiger partial charge < -0.3 is 5.32 Å². The highest BCUT2D eigenvalue weighted by molar-refractivity contribution is 7.80. The third kappa shape index (κ3) is 2.90. The summed E-state index contributed by atoms with van der Waals surface area (Å²) in [5.74, 6) is 0. The van der Waals surface area contributed by atoms with Gasteiger partial charge in [0.15, 0.2) is 0 Å². The van der Waals surface area contributed by atoms with Gasteiger partial charge in [-0.15, -0.1) is 0 Å². The standard InChI is InChI=1S/C21H20NP/c1-3-11-18(12-4-1)23(19-13-5-2-6-14-19)20-15-7-9-17-10-8-16-22-21(17)20/h1-7,9,11-15,22H,8,10,16H2. The molecule has 0 saturated carbocycles. The molecule has 1 aliphatic rings. The van der Waals surface area contributed by atoms with Crippen LogP contribution in [0.5, 0.6) is 0 Å².